The highest BCUT2D eigenvalue weighted by Crippen LogP contribution is 2.41. The third kappa shape index (κ3) is 2.49. The zero-order valence-electron chi connectivity index (χ0n) is 11.7. The molecule has 1 aromatic rings. The van der Waals surface area contributed by atoms with E-state index in [4.69, 9.17) is 4.74 Å². The van der Waals surface area contributed by atoms with E-state index in [2.05, 4.69) is 30.1 Å². The number of fused-ring (bicyclic) bond motifs is 1. The monoisotopic (exact) mass is 261 g/mol. The van der Waals surface area contributed by atoms with E-state index in [1.54, 1.807) is 0 Å². The van der Waals surface area contributed by atoms with Crippen molar-refractivity contribution in [2.45, 2.75) is 37.7 Å². The molecule has 0 spiro atoms. The number of aliphatic hydroxyl groups is 1. The maximum Gasteiger partial charge on any atom is 0.128 e. The highest BCUT2D eigenvalue weighted by atomic mass is 16.5. The zero-order chi connectivity index (χ0) is 13.3. The van der Waals surface area contributed by atoms with Crippen molar-refractivity contribution in [2.75, 3.05) is 26.7 Å². The van der Waals surface area contributed by atoms with Crippen molar-refractivity contribution >= 4 is 0 Å². The summed E-state index contributed by atoms with van der Waals surface area (Å²) < 4.78 is 5.87. The molecule has 2 aliphatic heterocycles. The number of ether oxygens (including phenoxy) is 1. The Morgan fingerprint density at radius 1 is 1.21 bits per heavy atom. The Kier molecular flexibility index (Phi) is 3.50. The van der Waals surface area contributed by atoms with Crippen LogP contribution in [0.3, 0.4) is 0 Å². The maximum absolute atomic E-state index is 11.1. The fourth-order valence-electron chi connectivity index (χ4n) is 3.28. The van der Waals surface area contributed by atoms with Crippen LogP contribution in [0.4, 0.5) is 0 Å². The smallest absolute Gasteiger partial charge is 0.128 e. The molecule has 2 heterocycles. The average Bonchev–Trinajstić information content (AvgIpc) is 2.61. The number of aryl methyl sites for hydroxylation is 1. The van der Waals surface area contributed by atoms with Gasteiger partial charge in [0.05, 0.1) is 12.2 Å². The van der Waals surface area contributed by atoms with Gasteiger partial charge in [-0.1, -0.05) is 18.2 Å². The first-order valence-corrected chi connectivity index (χ1v) is 7.35. The maximum atomic E-state index is 11.1. The highest BCUT2D eigenvalue weighted by Gasteiger charge is 2.35. The quantitative estimate of drug-likeness (QED) is 0.842. The normalized spacial score (nSPS) is 28.3. The molecule has 1 aromatic carbocycles. The van der Waals surface area contributed by atoms with Crippen LogP contribution in [0.25, 0.3) is 0 Å². The Labute approximate surface area is 115 Å². The summed E-state index contributed by atoms with van der Waals surface area (Å²) in [5.74, 6) is 0.959. The summed E-state index contributed by atoms with van der Waals surface area (Å²) >= 11 is 0. The van der Waals surface area contributed by atoms with E-state index in [1.165, 1.54) is 5.56 Å². The van der Waals surface area contributed by atoms with Gasteiger partial charge in [-0.05, 0) is 51.3 Å². The molecule has 3 heteroatoms. The Hall–Kier alpha value is -1.06. The molecule has 19 heavy (non-hydrogen) atoms. The van der Waals surface area contributed by atoms with Gasteiger partial charge in [0.15, 0.2) is 0 Å². The number of likely N-dealkylation sites (tertiary alicyclic amines) is 1. The van der Waals surface area contributed by atoms with Crippen molar-refractivity contribution < 1.29 is 9.84 Å². The number of rotatable bonds is 1. The van der Waals surface area contributed by atoms with E-state index in [1.807, 2.05) is 0 Å². The summed E-state index contributed by atoms with van der Waals surface area (Å²) in [7, 11) is 2.13. The zero-order valence-corrected chi connectivity index (χ0v) is 11.7. The first kappa shape index (κ1) is 12.9. The number of para-hydroxylation sites is 1. The number of hydrogen-bond donors (Lipinski definition) is 1. The predicted molar refractivity (Wildman–Crippen MR) is 75.5 cm³/mol. The lowest BCUT2D eigenvalue weighted by molar-refractivity contribution is 0.0185. The molecule has 104 valence electrons. The van der Waals surface area contributed by atoms with Gasteiger partial charge in [0.2, 0.25) is 0 Å². The fraction of sp³-hybridized carbons (Fsp3) is 0.625. The first-order valence-electron chi connectivity index (χ1n) is 7.35. The van der Waals surface area contributed by atoms with Crippen molar-refractivity contribution in [1.82, 2.24) is 4.90 Å². The molecular weight excluding hydrogens is 238 g/mol. The van der Waals surface area contributed by atoms with Crippen LogP contribution in [-0.4, -0.2) is 36.8 Å². The Bertz CT molecular complexity index is 460. The lowest BCUT2D eigenvalue weighted by Gasteiger charge is -2.31. The molecule has 3 nitrogen and oxygen atoms in total. The second-order valence-electron chi connectivity index (χ2n) is 5.93. The van der Waals surface area contributed by atoms with Gasteiger partial charge >= 0.3 is 0 Å². The van der Waals surface area contributed by atoms with Gasteiger partial charge in [-0.15, -0.1) is 0 Å². The minimum absolute atomic E-state index is 0.715. The van der Waals surface area contributed by atoms with Gasteiger partial charge in [-0.25, -0.2) is 0 Å². The molecule has 0 aromatic heterocycles. The Morgan fingerprint density at radius 3 is 3.00 bits per heavy atom. The van der Waals surface area contributed by atoms with Gasteiger partial charge in [0.25, 0.3) is 0 Å². The molecule has 1 fully saturated rings. The van der Waals surface area contributed by atoms with E-state index < -0.39 is 5.60 Å². The van der Waals surface area contributed by atoms with Crippen molar-refractivity contribution in [3.8, 4) is 5.75 Å². The van der Waals surface area contributed by atoms with Crippen molar-refractivity contribution in [2.24, 2.45) is 0 Å². The van der Waals surface area contributed by atoms with E-state index >= 15 is 0 Å². The van der Waals surface area contributed by atoms with Crippen LogP contribution in [0.1, 0.15) is 36.8 Å². The first-order chi connectivity index (χ1) is 9.19. The third-order valence-corrected chi connectivity index (χ3v) is 4.47. The summed E-state index contributed by atoms with van der Waals surface area (Å²) in [6.45, 7) is 2.79. The standard InChI is InChI=1S/C16H23NO2/c1-17-10-4-8-16(18,9-11-17)14-7-2-5-13-6-3-12-19-15(13)14/h2,5,7,18H,3-4,6,8-12H2,1H3. The van der Waals surface area contributed by atoms with Crippen LogP contribution in [0.15, 0.2) is 18.2 Å². The van der Waals surface area contributed by atoms with Crippen LogP contribution in [0.5, 0.6) is 5.75 Å². The SMILES string of the molecule is CN1CCCC(O)(c2cccc3c2OCCC3)CC1. The molecule has 0 saturated carbocycles. The van der Waals surface area contributed by atoms with E-state index in [0.29, 0.717) is 0 Å². The summed E-state index contributed by atoms with van der Waals surface area (Å²) in [6, 6.07) is 6.25. The van der Waals surface area contributed by atoms with Gasteiger partial charge < -0.3 is 14.7 Å². The topological polar surface area (TPSA) is 32.7 Å². The largest absolute Gasteiger partial charge is 0.493 e. The molecule has 0 aliphatic carbocycles. The van der Waals surface area contributed by atoms with Gasteiger partial charge in [-0.3, -0.25) is 0 Å². The van der Waals surface area contributed by atoms with Crippen LogP contribution >= 0.6 is 0 Å². The second-order valence-corrected chi connectivity index (χ2v) is 5.93. The minimum Gasteiger partial charge on any atom is -0.493 e. The second kappa shape index (κ2) is 5.14. The minimum atomic E-state index is -0.715. The Morgan fingerprint density at radius 2 is 2.11 bits per heavy atom. The van der Waals surface area contributed by atoms with Crippen molar-refractivity contribution in [3.05, 3.63) is 29.3 Å². The van der Waals surface area contributed by atoms with E-state index in [0.717, 1.165) is 63.1 Å². The van der Waals surface area contributed by atoms with E-state index in [9.17, 15) is 5.11 Å². The van der Waals surface area contributed by atoms with Crippen molar-refractivity contribution in [1.29, 1.82) is 0 Å². The number of hydrogen-bond acceptors (Lipinski definition) is 3. The van der Waals surface area contributed by atoms with Gasteiger partial charge in [0, 0.05) is 12.1 Å². The lowest BCUT2D eigenvalue weighted by atomic mass is 9.84. The van der Waals surface area contributed by atoms with Crippen molar-refractivity contribution in [3.63, 3.8) is 0 Å². The molecule has 1 saturated heterocycles. The summed E-state index contributed by atoms with van der Waals surface area (Å²) in [5, 5.41) is 11.1. The summed E-state index contributed by atoms with van der Waals surface area (Å²) in [6.07, 6.45) is 4.81. The van der Waals surface area contributed by atoms with Crippen LogP contribution < -0.4 is 4.74 Å². The predicted octanol–water partition coefficient (Wildman–Crippen LogP) is 2.31. The lowest BCUT2D eigenvalue weighted by Crippen LogP contribution is -2.29. The number of benzene rings is 1. The average molecular weight is 261 g/mol. The summed E-state index contributed by atoms with van der Waals surface area (Å²) in [5.41, 5.74) is 1.56. The molecule has 1 atom stereocenters. The third-order valence-electron chi connectivity index (χ3n) is 4.47. The molecule has 0 radical (unpaired) electrons. The highest BCUT2D eigenvalue weighted by molar-refractivity contribution is 5.46. The molecule has 0 amide bonds. The Balaban J connectivity index is 1.96. The fourth-order valence-corrected chi connectivity index (χ4v) is 3.28. The molecular formula is C16H23NO2. The van der Waals surface area contributed by atoms with Crippen LogP contribution in [-0.2, 0) is 12.0 Å². The van der Waals surface area contributed by atoms with Gasteiger partial charge in [0.1, 0.15) is 5.75 Å². The molecule has 1 unspecified atom stereocenters. The molecule has 3 rings (SSSR count). The molecule has 2 aliphatic rings. The number of nitrogens with zero attached hydrogens (tertiary/aromatic N) is 1. The van der Waals surface area contributed by atoms with Crippen LogP contribution in [0.2, 0.25) is 0 Å². The van der Waals surface area contributed by atoms with E-state index in [-0.39, 0.29) is 0 Å². The van der Waals surface area contributed by atoms with Crippen LogP contribution in [0, 0.1) is 0 Å². The van der Waals surface area contributed by atoms with Gasteiger partial charge in [-0.2, -0.15) is 0 Å². The summed E-state index contributed by atoms with van der Waals surface area (Å²) in [4.78, 5) is 2.30. The molecule has 1 N–H and O–H groups in total. The molecule has 0 bridgehead atoms.